The largest absolute Gasteiger partial charge is 0.506 e. The normalized spacial score (nSPS) is 11.9. The Morgan fingerprint density at radius 3 is 1.34 bits per heavy atom. The molecule has 0 aliphatic carbocycles. The van der Waals surface area contributed by atoms with Crippen molar-refractivity contribution >= 4 is 10.1 Å². The highest BCUT2D eigenvalue weighted by Crippen LogP contribution is 2.32. The molecule has 0 unspecified atom stereocenters. The van der Waals surface area contributed by atoms with Crippen molar-refractivity contribution in [3.63, 3.8) is 0 Å². The first-order valence-electron chi connectivity index (χ1n) is 14.7. The third kappa shape index (κ3) is 14.9. The number of unbranched alkanes of at least 4 members (excludes halogenated alkanes) is 18. The smallest absolute Gasteiger partial charge is 0.298 e. The lowest BCUT2D eigenvalue weighted by molar-refractivity contribution is 0.435. The maximum atomic E-state index is 11.7. The second-order valence-electron chi connectivity index (χ2n) is 10.4. The van der Waals surface area contributed by atoms with Gasteiger partial charge in [-0.05, 0) is 42.9 Å². The lowest BCUT2D eigenvalue weighted by Crippen LogP contribution is -2.04. The van der Waals surface area contributed by atoms with Crippen LogP contribution in [-0.4, -0.2) is 18.1 Å². The molecule has 2 N–H and O–H groups in total. The van der Waals surface area contributed by atoms with Gasteiger partial charge in [0.05, 0.1) is 0 Å². The van der Waals surface area contributed by atoms with Crippen LogP contribution >= 0.6 is 0 Å². The van der Waals surface area contributed by atoms with Crippen LogP contribution in [0, 0.1) is 0 Å². The summed E-state index contributed by atoms with van der Waals surface area (Å²) in [6.45, 7) is 4.49. The molecular weight excluding hydrogens is 456 g/mol. The molecule has 0 heterocycles. The lowest BCUT2D eigenvalue weighted by Gasteiger charge is -2.14. The molecular formula is C30H54O4S. The Labute approximate surface area is 217 Å². The standard InChI is InChI=1S/C30H54O4S/c1-3-5-7-9-11-13-15-17-19-21-23-27-25-26-29(35(32,33)34)30(31)28(27)24-22-20-18-16-14-12-10-8-6-4-2/h25-26,31H,3-24H2,1-2H3,(H,32,33,34). The van der Waals surface area contributed by atoms with E-state index in [1.807, 2.05) is 0 Å². The Morgan fingerprint density at radius 2 is 0.943 bits per heavy atom. The molecule has 0 amide bonds. The van der Waals surface area contributed by atoms with Crippen LogP contribution in [0.2, 0.25) is 0 Å². The minimum Gasteiger partial charge on any atom is -0.506 e. The van der Waals surface area contributed by atoms with Crippen molar-refractivity contribution in [2.24, 2.45) is 0 Å². The first kappa shape index (κ1) is 32.0. The third-order valence-corrected chi connectivity index (χ3v) is 8.09. The number of hydrogen-bond donors (Lipinski definition) is 2. The van der Waals surface area contributed by atoms with Gasteiger partial charge in [0.2, 0.25) is 0 Å². The predicted octanol–water partition coefficient (Wildman–Crippen LogP) is 9.57. The zero-order chi connectivity index (χ0) is 25.8. The molecule has 0 spiro atoms. The number of aromatic hydroxyl groups is 1. The maximum Gasteiger partial charge on any atom is 0.298 e. The number of phenols is 1. The zero-order valence-corrected chi connectivity index (χ0v) is 23.6. The van der Waals surface area contributed by atoms with Crippen molar-refractivity contribution in [1.29, 1.82) is 0 Å². The van der Waals surface area contributed by atoms with E-state index in [0.29, 0.717) is 6.42 Å². The molecule has 0 bridgehead atoms. The summed E-state index contributed by atoms with van der Waals surface area (Å²) in [6, 6.07) is 3.15. The van der Waals surface area contributed by atoms with E-state index in [9.17, 15) is 18.1 Å². The van der Waals surface area contributed by atoms with Crippen LogP contribution < -0.4 is 0 Å². The fourth-order valence-electron chi connectivity index (χ4n) is 4.97. The molecule has 35 heavy (non-hydrogen) atoms. The van der Waals surface area contributed by atoms with Gasteiger partial charge < -0.3 is 5.11 Å². The summed E-state index contributed by atoms with van der Waals surface area (Å²) in [7, 11) is -4.42. The fraction of sp³-hybridized carbons (Fsp3) is 0.800. The summed E-state index contributed by atoms with van der Waals surface area (Å²) >= 11 is 0. The monoisotopic (exact) mass is 510 g/mol. The molecule has 0 aromatic heterocycles. The van der Waals surface area contributed by atoms with Gasteiger partial charge in [-0.1, -0.05) is 135 Å². The molecule has 0 radical (unpaired) electrons. The van der Waals surface area contributed by atoms with E-state index in [2.05, 4.69) is 13.8 Å². The summed E-state index contributed by atoms with van der Waals surface area (Å²) < 4.78 is 32.9. The Hall–Kier alpha value is -1.07. The maximum absolute atomic E-state index is 11.7. The van der Waals surface area contributed by atoms with Gasteiger partial charge in [-0.15, -0.1) is 0 Å². The summed E-state index contributed by atoms with van der Waals surface area (Å²) in [6.07, 6.45) is 26.6. The molecule has 0 aliphatic heterocycles. The second kappa shape index (κ2) is 20.0. The lowest BCUT2D eigenvalue weighted by atomic mass is 9.95. The molecule has 1 rings (SSSR count). The van der Waals surface area contributed by atoms with Crippen LogP contribution in [0.25, 0.3) is 0 Å². The second-order valence-corrected chi connectivity index (χ2v) is 11.8. The van der Waals surface area contributed by atoms with Crippen LogP contribution in [0.3, 0.4) is 0 Å². The summed E-state index contributed by atoms with van der Waals surface area (Å²) in [5.74, 6) is -0.243. The SMILES string of the molecule is CCCCCCCCCCCCc1ccc(S(=O)(=O)O)c(O)c1CCCCCCCCCCCC. The van der Waals surface area contributed by atoms with Gasteiger partial charge in [-0.25, -0.2) is 0 Å². The molecule has 5 heteroatoms. The highest BCUT2D eigenvalue weighted by Gasteiger charge is 2.20. The van der Waals surface area contributed by atoms with Gasteiger partial charge in [0.15, 0.2) is 0 Å². The number of hydrogen-bond acceptors (Lipinski definition) is 3. The van der Waals surface area contributed by atoms with Gasteiger partial charge in [0.25, 0.3) is 10.1 Å². The molecule has 0 fully saturated rings. The molecule has 0 saturated heterocycles. The molecule has 0 saturated carbocycles. The minimum absolute atomic E-state index is 0.243. The van der Waals surface area contributed by atoms with Crippen LogP contribution in [0.5, 0.6) is 5.75 Å². The number of rotatable bonds is 23. The van der Waals surface area contributed by atoms with Crippen LogP contribution in [0.1, 0.15) is 153 Å². The average molecular weight is 511 g/mol. The zero-order valence-electron chi connectivity index (χ0n) is 22.8. The van der Waals surface area contributed by atoms with Gasteiger partial charge in [0, 0.05) is 0 Å². The third-order valence-electron chi connectivity index (χ3n) is 7.20. The van der Waals surface area contributed by atoms with Crippen LogP contribution in [-0.2, 0) is 23.0 Å². The van der Waals surface area contributed by atoms with E-state index in [1.165, 1.54) is 109 Å². The Morgan fingerprint density at radius 1 is 0.571 bits per heavy atom. The van der Waals surface area contributed by atoms with Crippen LogP contribution in [0.15, 0.2) is 17.0 Å². The van der Waals surface area contributed by atoms with E-state index in [-0.39, 0.29) is 10.6 Å². The van der Waals surface area contributed by atoms with Crippen molar-refractivity contribution in [1.82, 2.24) is 0 Å². The number of benzene rings is 1. The van der Waals surface area contributed by atoms with E-state index in [4.69, 9.17) is 0 Å². The van der Waals surface area contributed by atoms with Crippen molar-refractivity contribution in [2.45, 2.75) is 160 Å². The Kier molecular flexibility index (Phi) is 18.3. The van der Waals surface area contributed by atoms with Gasteiger partial charge in [-0.2, -0.15) is 8.42 Å². The molecule has 0 atom stereocenters. The van der Waals surface area contributed by atoms with E-state index >= 15 is 0 Å². The molecule has 1 aromatic rings. The van der Waals surface area contributed by atoms with Crippen molar-refractivity contribution in [2.75, 3.05) is 0 Å². The quantitative estimate of drug-likeness (QED) is 0.113. The predicted molar refractivity (Wildman–Crippen MR) is 149 cm³/mol. The van der Waals surface area contributed by atoms with Gasteiger partial charge in [-0.3, -0.25) is 4.55 Å². The van der Waals surface area contributed by atoms with Crippen molar-refractivity contribution < 1.29 is 18.1 Å². The molecule has 4 nitrogen and oxygen atoms in total. The first-order valence-corrected chi connectivity index (χ1v) is 16.2. The molecule has 1 aromatic carbocycles. The first-order chi connectivity index (χ1) is 16.9. The van der Waals surface area contributed by atoms with Gasteiger partial charge >= 0.3 is 0 Å². The average Bonchev–Trinajstić information content (AvgIpc) is 2.82. The van der Waals surface area contributed by atoms with Crippen molar-refractivity contribution in [3.8, 4) is 5.75 Å². The molecule has 204 valence electrons. The molecule has 0 aliphatic rings. The topological polar surface area (TPSA) is 74.6 Å². The summed E-state index contributed by atoms with van der Waals surface area (Å²) in [5.41, 5.74) is 1.75. The highest BCUT2D eigenvalue weighted by atomic mass is 32.2. The van der Waals surface area contributed by atoms with Crippen molar-refractivity contribution in [3.05, 3.63) is 23.3 Å². The minimum atomic E-state index is -4.42. The summed E-state index contributed by atoms with van der Waals surface area (Å²) in [5, 5.41) is 10.7. The van der Waals surface area contributed by atoms with E-state index in [1.54, 1.807) is 6.07 Å². The van der Waals surface area contributed by atoms with E-state index < -0.39 is 10.1 Å². The number of phenolic OH excluding ortho intramolecular Hbond substituents is 1. The van der Waals surface area contributed by atoms with Crippen LogP contribution in [0.4, 0.5) is 0 Å². The Balaban J connectivity index is 2.44. The number of aryl methyl sites for hydroxylation is 1. The van der Waals surface area contributed by atoms with E-state index in [0.717, 1.165) is 43.2 Å². The highest BCUT2D eigenvalue weighted by molar-refractivity contribution is 7.86. The summed E-state index contributed by atoms with van der Waals surface area (Å²) in [4.78, 5) is -0.355. The fourth-order valence-corrected chi connectivity index (χ4v) is 5.58. The Bertz CT molecular complexity index is 758. The van der Waals surface area contributed by atoms with Gasteiger partial charge in [0.1, 0.15) is 10.6 Å².